The summed E-state index contributed by atoms with van der Waals surface area (Å²) in [7, 11) is 0. The van der Waals surface area contributed by atoms with Gasteiger partial charge < -0.3 is 14.8 Å². The molecule has 0 bridgehead atoms. The van der Waals surface area contributed by atoms with Gasteiger partial charge in [-0.3, -0.25) is 0 Å². The van der Waals surface area contributed by atoms with E-state index < -0.39 is 0 Å². The van der Waals surface area contributed by atoms with Gasteiger partial charge in [-0.15, -0.1) is 11.3 Å². The Bertz CT molecular complexity index is 909. The Hall–Kier alpha value is -2.60. The van der Waals surface area contributed by atoms with Crippen LogP contribution in [0, 0.1) is 0 Å². The minimum Gasteiger partial charge on any atom is -0.352 e. The van der Waals surface area contributed by atoms with Crippen LogP contribution in [0.25, 0.3) is 21.3 Å². The quantitative estimate of drug-likeness (QED) is 0.614. The second-order valence-electron chi connectivity index (χ2n) is 5.78. The van der Waals surface area contributed by atoms with Gasteiger partial charge >= 0.3 is 0 Å². The molecule has 0 spiro atoms. The Morgan fingerprint density at radius 1 is 1.00 bits per heavy atom. The van der Waals surface area contributed by atoms with Gasteiger partial charge in [0.05, 0.1) is 34.3 Å². The van der Waals surface area contributed by atoms with E-state index in [1.54, 1.807) is 11.3 Å². The van der Waals surface area contributed by atoms with E-state index in [0.717, 1.165) is 36.3 Å². The lowest BCUT2D eigenvalue weighted by Crippen LogP contribution is -2.24. The Kier molecular flexibility index (Phi) is 2.78. The molecule has 1 saturated heterocycles. The zero-order chi connectivity index (χ0) is 15.2. The Labute approximate surface area is 137 Å². The van der Waals surface area contributed by atoms with Crippen molar-refractivity contribution in [2.24, 2.45) is 0 Å². The summed E-state index contributed by atoms with van der Waals surface area (Å²) in [6.45, 7) is 2.93. The van der Waals surface area contributed by atoms with Gasteiger partial charge in [0.25, 0.3) is 0 Å². The summed E-state index contributed by atoms with van der Waals surface area (Å²) in [5.41, 5.74) is 6.37. The fourth-order valence-corrected chi connectivity index (χ4v) is 3.86. The van der Waals surface area contributed by atoms with E-state index in [-0.39, 0.29) is 0 Å². The number of benzene rings is 1. The molecule has 0 amide bonds. The molecule has 0 saturated carbocycles. The maximum Gasteiger partial charge on any atom is 0.137 e. The molecule has 5 nitrogen and oxygen atoms in total. The van der Waals surface area contributed by atoms with Crippen LogP contribution in [0.15, 0.2) is 48.2 Å². The molecule has 3 aromatic heterocycles. The van der Waals surface area contributed by atoms with E-state index in [2.05, 4.69) is 55.1 Å². The topological polar surface area (TPSA) is 48.1 Å². The molecule has 0 radical (unpaired) electrons. The summed E-state index contributed by atoms with van der Waals surface area (Å²) in [5, 5.41) is 1.16. The van der Waals surface area contributed by atoms with Gasteiger partial charge in [-0.2, -0.15) is 0 Å². The number of H-pyrrole nitrogens is 1. The third kappa shape index (κ3) is 2.14. The summed E-state index contributed by atoms with van der Waals surface area (Å²) < 4.78 is 1.25. The molecule has 5 rings (SSSR count). The maximum atomic E-state index is 4.50. The van der Waals surface area contributed by atoms with Gasteiger partial charge in [-0.1, -0.05) is 0 Å². The third-order valence-electron chi connectivity index (χ3n) is 4.41. The minimum absolute atomic E-state index is 0.891. The first-order chi connectivity index (χ1) is 11.4. The van der Waals surface area contributed by atoms with Crippen LogP contribution < -0.4 is 9.80 Å². The number of hydrogen-bond acceptors (Lipinski definition) is 5. The Morgan fingerprint density at radius 3 is 2.87 bits per heavy atom. The highest BCUT2D eigenvalue weighted by molar-refractivity contribution is 7.16. The minimum atomic E-state index is 0.891. The number of pyridine rings is 1. The van der Waals surface area contributed by atoms with Crippen molar-refractivity contribution in [3.8, 4) is 0 Å². The fraction of sp³-hybridized carbons (Fsp3) is 0.176. The van der Waals surface area contributed by atoms with Crippen LogP contribution in [0.2, 0.25) is 0 Å². The predicted molar refractivity (Wildman–Crippen MR) is 95.3 cm³/mol. The highest BCUT2D eigenvalue weighted by Gasteiger charge is 2.21. The van der Waals surface area contributed by atoms with Crippen LogP contribution in [-0.4, -0.2) is 34.7 Å². The van der Waals surface area contributed by atoms with E-state index in [4.69, 9.17) is 0 Å². The van der Waals surface area contributed by atoms with Crippen LogP contribution in [0.1, 0.15) is 0 Å². The average molecular weight is 321 g/mol. The second kappa shape index (κ2) is 4.96. The first kappa shape index (κ1) is 12.9. The van der Waals surface area contributed by atoms with Crippen molar-refractivity contribution in [1.29, 1.82) is 0 Å². The maximum absolute atomic E-state index is 4.50. The molecule has 1 fully saturated rings. The van der Waals surface area contributed by atoms with Crippen molar-refractivity contribution in [3.05, 3.63) is 48.2 Å². The zero-order valence-electron chi connectivity index (χ0n) is 12.4. The van der Waals surface area contributed by atoms with Crippen LogP contribution in [0.4, 0.5) is 11.4 Å². The van der Waals surface area contributed by atoms with Gasteiger partial charge in [0.15, 0.2) is 0 Å². The number of anilines is 2. The van der Waals surface area contributed by atoms with Gasteiger partial charge in [0.1, 0.15) is 5.65 Å². The number of hydrogen-bond donors (Lipinski definition) is 1. The van der Waals surface area contributed by atoms with E-state index in [1.807, 2.05) is 17.9 Å². The van der Waals surface area contributed by atoms with E-state index in [9.17, 15) is 0 Å². The van der Waals surface area contributed by atoms with Crippen LogP contribution >= 0.6 is 11.3 Å². The molecule has 114 valence electrons. The van der Waals surface area contributed by atoms with Crippen molar-refractivity contribution in [1.82, 2.24) is 15.0 Å². The molecule has 1 aliphatic heterocycles. The summed E-state index contributed by atoms with van der Waals surface area (Å²) in [4.78, 5) is 16.8. The molecule has 4 heterocycles. The first-order valence-corrected chi connectivity index (χ1v) is 8.51. The predicted octanol–water partition coefficient (Wildman–Crippen LogP) is 3.46. The van der Waals surface area contributed by atoms with E-state index in [1.165, 1.54) is 16.1 Å². The molecule has 4 aromatic rings. The SMILES string of the molecule is c1cc2cc(N3CCN(c4ccc5ncsc5c4)C3)cnc2[nH]1. The number of aromatic amines is 1. The Balaban J connectivity index is 1.42. The molecule has 0 atom stereocenters. The number of rotatable bonds is 2. The fourth-order valence-electron chi connectivity index (χ4n) is 3.15. The lowest BCUT2D eigenvalue weighted by atomic mass is 10.3. The third-order valence-corrected chi connectivity index (χ3v) is 5.20. The van der Waals surface area contributed by atoms with Crippen molar-refractivity contribution in [2.75, 3.05) is 29.6 Å². The molecule has 0 aliphatic carbocycles. The van der Waals surface area contributed by atoms with Gasteiger partial charge in [-0.25, -0.2) is 9.97 Å². The molecule has 1 N–H and O–H groups in total. The molecular formula is C17H15N5S. The molecule has 1 aliphatic rings. The smallest absolute Gasteiger partial charge is 0.137 e. The summed E-state index contributed by atoms with van der Waals surface area (Å²) in [6, 6.07) is 10.8. The van der Waals surface area contributed by atoms with Crippen LogP contribution in [0.5, 0.6) is 0 Å². The van der Waals surface area contributed by atoms with Crippen LogP contribution in [0.3, 0.4) is 0 Å². The standard InChI is InChI=1S/C17H15N5S/c1-2-15-16(23-10-20-15)8-13(1)21-5-6-22(11-21)14-7-12-3-4-18-17(12)19-9-14/h1-4,7-10H,5-6,11H2,(H,18,19). The largest absolute Gasteiger partial charge is 0.352 e. The van der Waals surface area contributed by atoms with Crippen molar-refractivity contribution < 1.29 is 0 Å². The second-order valence-corrected chi connectivity index (χ2v) is 6.67. The zero-order valence-corrected chi connectivity index (χ0v) is 13.3. The number of fused-ring (bicyclic) bond motifs is 2. The Morgan fingerprint density at radius 2 is 1.91 bits per heavy atom. The van der Waals surface area contributed by atoms with E-state index in [0.29, 0.717) is 0 Å². The van der Waals surface area contributed by atoms with Gasteiger partial charge in [0, 0.05) is 30.4 Å². The monoisotopic (exact) mass is 321 g/mol. The summed E-state index contributed by atoms with van der Waals surface area (Å²) in [5.74, 6) is 0. The summed E-state index contributed by atoms with van der Waals surface area (Å²) in [6.07, 6.45) is 3.89. The highest BCUT2D eigenvalue weighted by atomic mass is 32.1. The van der Waals surface area contributed by atoms with Gasteiger partial charge in [0.2, 0.25) is 0 Å². The van der Waals surface area contributed by atoms with Crippen molar-refractivity contribution in [3.63, 3.8) is 0 Å². The van der Waals surface area contributed by atoms with Gasteiger partial charge in [-0.05, 0) is 30.3 Å². The number of nitrogens with zero attached hydrogens (tertiary/aromatic N) is 4. The van der Waals surface area contributed by atoms with Crippen LogP contribution in [-0.2, 0) is 0 Å². The molecule has 6 heteroatoms. The summed E-state index contributed by atoms with van der Waals surface area (Å²) >= 11 is 1.69. The van der Waals surface area contributed by atoms with E-state index >= 15 is 0 Å². The van der Waals surface area contributed by atoms with Crippen molar-refractivity contribution >= 4 is 44.0 Å². The lowest BCUT2D eigenvalue weighted by Gasteiger charge is -2.21. The molecule has 1 aromatic carbocycles. The average Bonchev–Trinajstić information content (AvgIpc) is 3.32. The number of thiazole rings is 1. The highest BCUT2D eigenvalue weighted by Crippen LogP contribution is 2.28. The lowest BCUT2D eigenvalue weighted by molar-refractivity contribution is 0.948. The molecule has 23 heavy (non-hydrogen) atoms. The first-order valence-electron chi connectivity index (χ1n) is 7.63. The normalized spacial score (nSPS) is 15.1. The molecular weight excluding hydrogens is 306 g/mol. The van der Waals surface area contributed by atoms with Crippen molar-refractivity contribution in [2.45, 2.75) is 0 Å². The molecule has 0 unspecified atom stereocenters. The number of aromatic nitrogens is 3. The number of nitrogens with one attached hydrogen (secondary N) is 1.